The summed E-state index contributed by atoms with van der Waals surface area (Å²) in [5, 5.41) is 0.813. The van der Waals surface area contributed by atoms with Gasteiger partial charge in [-0.2, -0.15) is 0 Å². The minimum Gasteiger partial charge on any atom is -0.497 e. The van der Waals surface area contributed by atoms with Crippen molar-refractivity contribution in [2.45, 2.75) is 13.1 Å². The lowest BCUT2D eigenvalue weighted by atomic mass is 10.0. The number of fused-ring (bicyclic) bond motifs is 3. The van der Waals surface area contributed by atoms with Crippen LogP contribution in [0.2, 0.25) is 0 Å². The molecule has 0 bridgehead atoms. The topological polar surface area (TPSA) is 70.4 Å². The Labute approximate surface area is 197 Å². The van der Waals surface area contributed by atoms with E-state index in [0.717, 1.165) is 28.0 Å². The zero-order valence-corrected chi connectivity index (χ0v) is 19.3. The minimum atomic E-state index is -0.445. The first-order chi connectivity index (χ1) is 16.6. The fraction of sp³-hybridized carbons (Fsp3) is 0.222. The maximum Gasteiger partial charge on any atom is 0.344 e. The van der Waals surface area contributed by atoms with Crippen molar-refractivity contribution >= 4 is 11.0 Å². The van der Waals surface area contributed by atoms with Crippen molar-refractivity contribution in [2.75, 3.05) is 28.1 Å². The molecule has 1 aromatic heterocycles. The van der Waals surface area contributed by atoms with Gasteiger partial charge in [0.15, 0.2) is 0 Å². The molecule has 0 fully saturated rings. The van der Waals surface area contributed by atoms with Crippen molar-refractivity contribution in [3.63, 3.8) is 0 Å². The van der Waals surface area contributed by atoms with Crippen LogP contribution in [0.3, 0.4) is 0 Å². The standard InChI is InChI=1S/C27H25NO6/c1-30-19-7-4-17(5-8-19)14-28-15-23-25(33-16-28)10-6-18-12-22(27(29)34-26(18)23)21-13-20(31-2)9-11-24(21)32-3/h4-13H,14-16H2,1-3H3. The van der Waals surface area contributed by atoms with E-state index in [-0.39, 0.29) is 0 Å². The Bertz CT molecular complexity index is 1390. The van der Waals surface area contributed by atoms with Crippen molar-refractivity contribution < 1.29 is 23.4 Å². The predicted molar refractivity (Wildman–Crippen MR) is 129 cm³/mol. The zero-order valence-electron chi connectivity index (χ0n) is 19.3. The molecule has 34 heavy (non-hydrogen) atoms. The second-order valence-electron chi connectivity index (χ2n) is 8.08. The molecule has 0 spiro atoms. The van der Waals surface area contributed by atoms with E-state index < -0.39 is 5.63 Å². The highest BCUT2D eigenvalue weighted by Gasteiger charge is 2.23. The van der Waals surface area contributed by atoms with Crippen LogP contribution < -0.4 is 24.6 Å². The summed E-state index contributed by atoms with van der Waals surface area (Å²) in [7, 11) is 4.80. The molecule has 0 N–H and O–H groups in total. The summed E-state index contributed by atoms with van der Waals surface area (Å²) in [5.74, 6) is 2.75. The Morgan fingerprint density at radius 1 is 0.853 bits per heavy atom. The SMILES string of the molecule is COc1ccc(CN2COc3ccc4cc(-c5cc(OC)ccc5OC)c(=O)oc4c3C2)cc1. The Balaban J connectivity index is 1.51. The van der Waals surface area contributed by atoms with Gasteiger partial charge in [0.25, 0.3) is 0 Å². The Hall–Kier alpha value is -3.97. The van der Waals surface area contributed by atoms with E-state index in [0.29, 0.717) is 48.0 Å². The predicted octanol–water partition coefficient (Wildman–Crippen LogP) is 4.84. The van der Waals surface area contributed by atoms with Gasteiger partial charge in [-0.15, -0.1) is 0 Å². The molecule has 0 amide bonds. The third kappa shape index (κ3) is 4.06. The summed E-state index contributed by atoms with van der Waals surface area (Å²) in [6.45, 7) is 1.75. The van der Waals surface area contributed by atoms with Crippen molar-refractivity contribution in [3.05, 3.63) is 82.2 Å². The van der Waals surface area contributed by atoms with Gasteiger partial charge in [-0.3, -0.25) is 4.90 Å². The molecule has 0 saturated heterocycles. The van der Waals surface area contributed by atoms with Crippen LogP contribution in [0.4, 0.5) is 0 Å². The van der Waals surface area contributed by atoms with Crippen LogP contribution in [0.1, 0.15) is 11.1 Å². The van der Waals surface area contributed by atoms with Crippen LogP contribution in [-0.2, 0) is 13.1 Å². The van der Waals surface area contributed by atoms with Crippen LogP contribution >= 0.6 is 0 Å². The smallest absolute Gasteiger partial charge is 0.344 e. The van der Waals surface area contributed by atoms with Crippen LogP contribution in [0.5, 0.6) is 23.0 Å². The number of rotatable bonds is 6. The van der Waals surface area contributed by atoms with E-state index in [1.165, 1.54) is 0 Å². The largest absolute Gasteiger partial charge is 0.497 e. The first kappa shape index (κ1) is 21.9. The van der Waals surface area contributed by atoms with Gasteiger partial charge in [0.05, 0.1) is 32.5 Å². The molecule has 5 rings (SSSR count). The minimum absolute atomic E-state index is 0.412. The zero-order chi connectivity index (χ0) is 23.7. The summed E-state index contributed by atoms with van der Waals surface area (Å²) >= 11 is 0. The maximum absolute atomic E-state index is 13.1. The van der Waals surface area contributed by atoms with Crippen molar-refractivity contribution in [1.82, 2.24) is 4.90 Å². The fourth-order valence-corrected chi connectivity index (χ4v) is 4.24. The van der Waals surface area contributed by atoms with Gasteiger partial charge in [0.2, 0.25) is 0 Å². The molecule has 3 aromatic carbocycles. The van der Waals surface area contributed by atoms with Crippen LogP contribution in [0.25, 0.3) is 22.1 Å². The summed E-state index contributed by atoms with van der Waals surface area (Å²) < 4.78 is 27.9. The molecule has 1 aliphatic heterocycles. The Kier molecular flexibility index (Phi) is 5.86. The highest BCUT2D eigenvalue weighted by Crippen LogP contribution is 2.36. The highest BCUT2D eigenvalue weighted by atomic mass is 16.5. The molecule has 2 heterocycles. The number of benzene rings is 3. The summed E-state index contributed by atoms with van der Waals surface area (Å²) in [6.07, 6.45) is 0. The number of methoxy groups -OCH3 is 3. The lowest BCUT2D eigenvalue weighted by Gasteiger charge is -2.29. The van der Waals surface area contributed by atoms with E-state index in [1.54, 1.807) is 39.5 Å². The molecular weight excluding hydrogens is 434 g/mol. The third-order valence-electron chi connectivity index (χ3n) is 6.01. The van der Waals surface area contributed by atoms with E-state index in [1.807, 2.05) is 42.5 Å². The summed E-state index contributed by atoms with van der Waals surface area (Å²) in [4.78, 5) is 15.2. The Morgan fingerprint density at radius 2 is 1.62 bits per heavy atom. The van der Waals surface area contributed by atoms with Gasteiger partial charge in [0.1, 0.15) is 35.3 Å². The molecule has 0 radical (unpaired) electrons. The van der Waals surface area contributed by atoms with E-state index in [4.69, 9.17) is 23.4 Å². The molecule has 7 heteroatoms. The summed E-state index contributed by atoms with van der Waals surface area (Å²) in [6, 6.07) is 19.0. The van der Waals surface area contributed by atoms with Gasteiger partial charge in [-0.25, -0.2) is 4.79 Å². The van der Waals surface area contributed by atoms with Crippen LogP contribution in [0.15, 0.2) is 69.9 Å². The highest BCUT2D eigenvalue weighted by molar-refractivity contribution is 5.87. The number of nitrogens with zero attached hydrogens (tertiary/aromatic N) is 1. The molecule has 7 nitrogen and oxygen atoms in total. The lowest BCUT2D eigenvalue weighted by molar-refractivity contribution is 0.0889. The summed E-state index contributed by atoms with van der Waals surface area (Å²) in [5.41, 5.74) is 3.12. The monoisotopic (exact) mass is 459 g/mol. The van der Waals surface area contributed by atoms with Gasteiger partial charge in [-0.05, 0) is 54.1 Å². The molecule has 4 aromatic rings. The molecule has 174 valence electrons. The van der Waals surface area contributed by atoms with Gasteiger partial charge >= 0.3 is 5.63 Å². The fourth-order valence-electron chi connectivity index (χ4n) is 4.24. The molecular formula is C27H25NO6. The number of hydrogen-bond donors (Lipinski definition) is 0. The first-order valence-corrected chi connectivity index (χ1v) is 10.9. The second kappa shape index (κ2) is 9.11. The number of ether oxygens (including phenoxy) is 4. The second-order valence-corrected chi connectivity index (χ2v) is 8.08. The normalized spacial score (nSPS) is 13.3. The van der Waals surface area contributed by atoms with Gasteiger partial charge in [-0.1, -0.05) is 12.1 Å². The van der Waals surface area contributed by atoms with E-state index >= 15 is 0 Å². The van der Waals surface area contributed by atoms with Crippen LogP contribution in [-0.4, -0.2) is 33.0 Å². The molecule has 0 atom stereocenters. The molecule has 0 saturated carbocycles. The first-order valence-electron chi connectivity index (χ1n) is 10.9. The molecule has 0 unspecified atom stereocenters. The third-order valence-corrected chi connectivity index (χ3v) is 6.01. The number of hydrogen-bond acceptors (Lipinski definition) is 7. The van der Waals surface area contributed by atoms with Crippen LogP contribution in [0, 0.1) is 0 Å². The van der Waals surface area contributed by atoms with E-state index in [9.17, 15) is 4.79 Å². The van der Waals surface area contributed by atoms with Gasteiger partial charge in [0, 0.05) is 24.0 Å². The van der Waals surface area contributed by atoms with Crippen molar-refractivity contribution in [1.29, 1.82) is 0 Å². The quantitative estimate of drug-likeness (QED) is 0.382. The average Bonchev–Trinajstić information content (AvgIpc) is 2.88. The Morgan fingerprint density at radius 3 is 2.35 bits per heavy atom. The lowest BCUT2D eigenvalue weighted by Crippen LogP contribution is -2.31. The maximum atomic E-state index is 13.1. The molecule has 1 aliphatic rings. The average molecular weight is 459 g/mol. The van der Waals surface area contributed by atoms with Gasteiger partial charge < -0.3 is 23.4 Å². The van der Waals surface area contributed by atoms with Crippen molar-refractivity contribution in [3.8, 4) is 34.1 Å². The van der Waals surface area contributed by atoms with Crippen molar-refractivity contribution in [2.24, 2.45) is 0 Å². The van der Waals surface area contributed by atoms with E-state index in [2.05, 4.69) is 4.90 Å². The molecule has 0 aliphatic carbocycles.